The van der Waals surface area contributed by atoms with Crippen LogP contribution >= 0.6 is 11.3 Å². The molecule has 3 aromatic heterocycles. The zero-order chi connectivity index (χ0) is 19.8. The van der Waals surface area contributed by atoms with Crippen molar-refractivity contribution in [2.24, 2.45) is 13.0 Å². The molecule has 1 aliphatic carbocycles. The summed E-state index contributed by atoms with van der Waals surface area (Å²) >= 11 is 1.43. The maximum atomic E-state index is 13.1. The lowest BCUT2D eigenvalue weighted by Gasteiger charge is -2.18. The quantitative estimate of drug-likeness (QED) is 0.683. The Morgan fingerprint density at radius 1 is 1.32 bits per heavy atom. The Morgan fingerprint density at radius 2 is 2.14 bits per heavy atom. The van der Waals surface area contributed by atoms with Crippen molar-refractivity contribution in [2.75, 3.05) is 5.32 Å². The Morgan fingerprint density at radius 3 is 2.86 bits per heavy atom. The van der Waals surface area contributed by atoms with Crippen LogP contribution in [0.4, 0.5) is 5.00 Å². The molecular formula is C20H19N3O4S. The number of fused-ring (bicyclic) bond motifs is 1. The second-order valence-electron chi connectivity index (χ2n) is 7.00. The fourth-order valence-electron chi connectivity index (χ4n) is 3.40. The van der Waals surface area contributed by atoms with Crippen LogP contribution in [0.3, 0.4) is 0 Å². The lowest BCUT2D eigenvalue weighted by molar-refractivity contribution is 0.101. The summed E-state index contributed by atoms with van der Waals surface area (Å²) in [6.45, 7) is 2.18. The summed E-state index contributed by atoms with van der Waals surface area (Å²) < 4.78 is 6.40. The van der Waals surface area contributed by atoms with Crippen LogP contribution in [0, 0.1) is 5.92 Å². The number of carbonyl (C=O) groups excluding carboxylic acids is 2. The normalized spacial score (nSPS) is 15.9. The van der Waals surface area contributed by atoms with E-state index in [0.717, 1.165) is 34.4 Å². The maximum Gasteiger partial charge on any atom is 0.276 e. The molecule has 3 heterocycles. The third-order valence-electron chi connectivity index (χ3n) is 4.90. The van der Waals surface area contributed by atoms with E-state index in [0.29, 0.717) is 16.5 Å². The summed E-state index contributed by atoms with van der Waals surface area (Å²) in [5.41, 5.74) is 1.30. The van der Waals surface area contributed by atoms with Gasteiger partial charge in [-0.1, -0.05) is 6.92 Å². The number of amides is 1. The van der Waals surface area contributed by atoms with Crippen LogP contribution in [0.25, 0.3) is 0 Å². The summed E-state index contributed by atoms with van der Waals surface area (Å²) in [5.74, 6) is 0.0815. The number of aromatic nitrogens is 2. The average molecular weight is 397 g/mol. The summed E-state index contributed by atoms with van der Waals surface area (Å²) in [6.07, 6.45) is 4.13. The van der Waals surface area contributed by atoms with Gasteiger partial charge in [-0.3, -0.25) is 14.4 Å². The molecule has 0 spiro atoms. The molecule has 144 valence electrons. The van der Waals surface area contributed by atoms with Gasteiger partial charge in [-0.2, -0.15) is 5.10 Å². The highest BCUT2D eigenvalue weighted by atomic mass is 32.1. The van der Waals surface area contributed by atoms with Gasteiger partial charge < -0.3 is 9.73 Å². The number of thiophene rings is 1. The zero-order valence-corrected chi connectivity index (χ0v) is 16.3. The number of ketones is 1. The summed E-state index contributed by atoms with van der Waals surface area (Å²) in [5, 5.41) is 7.31. The van der Waals surface area contributed by atoms with Gasteiger partial charge in [0.25, 0.3) is 11.5 Å². The number of aryl methyl sites for hydroxylation is 1. The molecule has 3 aromatic rings. The molecule has 1 amide bonds. The van der Waals surface area contributed by atoms with E-state index in [-0.39, 0.29) is 22.8 Å². The number of rotatable bonds is 4. The standard InChI is InChI=1S/C20H19N3O4S/c1-11-5-6-12-15(10-11)28-20(17(12)18(25)14-4-3-9-27-14)21-19(26)13-7-8-16(24)23(2)22-13/h3-4,7-9,11H,5-6,10H2,1-2H3,(H,21,26)/t11-/m1/s1. The fraction of sp³-hybridized carbons (Fsp3) is 0.300. The fourth-order valence-corrected chi connectivity index (χ4v) is 4.80. The van der Waals surface area contributed by atoms with Gasteiger partial charge in [-0.15, -0.1) is 11.3 Å². The number of hydrogen-bond acceptors (Lipinski definition) is 6. The van der Waals surface area contributed by atoms with Crippen LogP contribution < -0.4 is 10.9 Å². The van der Waals surface area contributed by atoms with Crippen molar-refractivity contribution in [3.05, 3.63) is 68.3 Å². The number of furan rings is 1. The molecule has 0 saturated carbocycles. The van der Waals surface area contributed by atoms with E-state index < -0.39 is 5.91 Å². The minimum atomic E-state index is -0.462. The Bertz CT molecular complexity index is 1110. The summed E-state index contributed by atoms with van der Waals surface area (Å²) in [4.78, 5) is 38.4. The number of carbonyl (C=O) groups is 2. The van der Waals surface area contributed by atoms with Crippen LogP contribution in [0.15, 0.2) is 39.7 Å². The van der Waals surface area contributed by atoms with Gasteiger partial charge in [0.05, 0.1) is 11.8 Å². The number of anilines is 1. The molecule has 1 atom stereocenters. The number of hydrogen-bond donors (Lipinski definition) is 1. The molecule has 28 heavy (non-hydrogen) atoms. The third-order valence-corrected chi connectivity index (χ3v) is 6.07. The topological polar surface area (TPSA) is 94.2 Å². The Kier molecular flexibility index (Phi) is 4.72. The molecule has 4 rings (SSSR count). The number of nitrogens with one attached hydrogen (secondary N) is 1. The van der Waals surface area contributed by atoms with E-state index in [4.69, 9.17) is 4.42 Å². The molecule has 0 radical (unpaired) electrons. The second-order valence-corrected chi connectivity index (χ2v) is 8.10. The predicted molar refractivity (Wildman–Crippen MR) is 105 cm³/mol. The first kappa shape index (κ1) is 18.4. The SMILES string of the molecule is C[C@@H]1CCc2c(sc(NC(=O)c3ccc(=O)n(C)n3)c2C(=O)c2ccco2)C1. The molecule has 0 fully saturated rings. The molecule has 8 heteroatoms. The molecular weight excluding hydrogens is 378 g/mol. The minimum Gasteiger partial charge on any atom is -0.461 e. The zero-order valence-electron chi connectivity index (χ0n) is 15.5. The molecule has 0 aromatic carbocycles. The Balaban J connectivity index is 1.73. The van der Waals surface area contributed by atoms with E-state index in [1.54, 1.807) is 12.1 Å². The van der Waals surface area contributed by atoms with E-state index in [1.807, 2.05) is 0 Å². The van der Waals surface area contributed by atoms with Gasteiger partial charge in [0.15, 0.2) is 5.76 Å². The van der Waals surface area contributed by atoms with Crippen molar-refractivity contribution in [2.45, 2.75) is 26.2 Å². The van der Waals surface area contributed by atoms with Crippen molar-refractivity contribution >= 4 is 28.0 Å². The monoisotopic (exact) mass is 397 g/mol. The lowest BCUT2D eigenvalue weighted by Crippen LogP contribution is -2.24. The van der Waals surface area contributed by atoms with Gasteiger partial charge in [0.1, 0.15) is 10.7 Å². The summed E-state index contributed by atoms with van der Waals surface area (Å²) in [6, 6.07) is 5.96. The molecule has 0 bridgehead atoms. The van der Waals surface area contributed by atoms with Crippen LogP contribution in [0.5, 0.6) is 0 Å². The van der Waals surface area contributed by atoms with Gasteiger partial charge in [-0.25, -0.2) is 4.68 Å². The molecule has 1 aliphatic rings. The van der Waals surface area contributed by atoms with Crippen molar-refractivity contribution < 1.29 is 14.0 Å². The maximum absolute atomic E-state index is 13.1. The Hall–Kier alpha value is -3.00. The van der Waals surface area contributed by atoms with Gasteiger partial charge in [0.2, 0.25) is 5.78 Å². The molecule has 0 saturated heterocycles. The summed E-state index contributed by atoms with van der Waals surface area (Å²) in [7, 11) is 1.48. The van der Waals surface area contributed by atoms with Crippen LogP contribution in [-0.4, -0.2) is 21.5 Å². The number of nitrogens with zero attached hydrogens (tertiary/aromatic N) is 2. The lowest BCUT2D eigenvalue weighted by atomic mass is 9.87. The largest absolute Gasteiger partial charge is 0.461 e. The van der Waals surface area contributed by atoms with E-state index in [9.17, 15) is 14.4 Å². The van der Waals surface area contributed by atoms with Gasteiger partial charge >= 0.3 is 0 Å². The smallest absolute Gasteiger partial charge is 0.276 e. The highest BCUT2D eigenvalue weighted by Crippen LogP contribution is 2.40. The Labute approximate surface area is 165 Å². The van der Waals surface area contributed by atoms with Crippen LogP contribution in [-0.2, 0) is 19.9 Å². The van der Waals surface area contributed by atoms with Crippen molar-refractivity contribution in [3.63, 3.8) is 0 Å². The van der Waals surface area contributed by atoms with E-state index in [1.165, 1.54) is 36.8 Å². The predicted octanol–water partition coefficient (Wildman–Crippen LogP) is 3.04. The average Bonchev–Trinajstić information content (AvgIpc) is 3.31. The van der Waals surface area contributed by atoms with E-state index >= 15 is 0 Å². The van der Waals surface area contributed by atoms with Gasteiger partial charge in [-0.05, 0) is 48.9 Å². The molecule has 0 unspecified atom stereocenters. The van der Waals surface area contributed by atoms with Crippen molar-refractivity contribution in [3.8, 4) is 0 Å². The first-order chi connectivity index (χ1) is 13.4. The third kappa shape index (κ3) is 3.31. The van der Waals surface area contributed by atoms with Gasteiger partial charge in [0, 0.05) is 18.0 Å². The van der Waals surface area contributed by atoms with Crippen molar-refractivity contribution in [1.82, 2.24) is 9.78 Å². The highest BCUT2D eigenvalue weighted by Gasteiger charge is 2.30. The van der Waals surface area contributed by atoms with Crippen molar-refractivity contribution in [1.29, 1.82) is 0 Å². The molecule has 7 nitrogen and oxygen atoms in total. The second kappa shape index (κ2) is 7.20. The molecule has 0 aliphatic heterocycles. The first-order valence-electron chi connectivity index (χ1n) is 9.02. The minimum absolute atomic E-state index is 0.109. The molecule has 1 N–H and O–H groups in total. The van der Waals surface area contributed by atoms with Crippen LogP contribution in [0.2, 0.25) is 0 Å². The first-order valence-corrected chi connectivity index (χ1v) is 9.84. The highest BCUT2D eigenvalue weighted by molar-refractivity contribution is 7.17. The van der Waals surface area contributed by atoms with E-state index in [2.05, 4.69) is 17.3 Å². The van der Waals surface area contributed by atoms with Crippen LogP contribution in [0.1, 0.15) is 50.4 Å².